The molecule has 1 atom stereocenters. The lowest BCUT2D eigenvalue weighted by atomic mass is 9.99. The summed E-state index contributed by atoms with van der Waals surface area (Å²) in [4.78, 5) is 20.3. The van der Waals surface area contributed by atoms with Crippen LogP contribution in [0.2, 0.25) is 0 Å². The number of aryl methyl sites for hydroxylation is 4. The fraction of sp³-hybridized carbons (Fsp3) is 0.409. The molecule has 2 aromatic heterocycles. The molecule has 0 bridgehead atoms. The van der Waals surface area contributed by atoms with E-state index < -0.39 is 0 Å². The van der Waals surface area contributed by atoms with Gasteiger partial charge in [0.05, 0.1) is 22.7 Å². The van der Waals surface area contributed by atoms with Crippen molar-refractivity contribution in [3.63, 3.8) is 0 Å². The van der Waals surface area contributed by atoms with Gasteiger partial charge < -0.3 is 10.2 Å². The number of fused-ring (bicyclic) bond motifs is 1. The fourth-order valence-corrected chi connectivity index (χ4v) is 4.11. The molecule has 1 saturated heterocycles. The molecule has 6 nitrogen and oxygen atoms in total. The number of benzene rings is 1. The third kappa shape index (κ3) is 3.18. The Balaban J connectivity index is 1.76. The lowest BCUT2D eigenvalue weighted by Crippen LogP contribution is -2.48. The van der Waals surface area contributed by atoms with E-state index in [0.29, 0.717) is 12.1 Å². The monoisotopic (exact) mass is 377 g/mol. The van der Waals surface area contributed by atoms with Gasteiger partial charge in [0.2, 0.25) is 0 Å². The Morgan fingerprint density at radius 2 is 2.00 bits per heavy atom. The van der Waals surface area contributed by atoms with Crippen LogP contribution in [-0.2, 0) is 13.5 Å². The maximum atomic E-state index is 13.7. The van der Waals surface area contributed by atoms with E-state index in [4.69, 9.17) is 0 Å². The number of amides is 1. The molecule has 4 rings (SSSR count). The first-order valence-electron chi connectivity index (χ1n) is 9.91. The van der Waals surface area contributed by atoms with E-state index in [1.807, 2.05) is 31.9 Å². The van der Waals surface area contributed by atoms with Crippen molar-refractivity contribution in [3.8, 4) is 0 Å². The van der Waals surface area contributed by atoms with Crippen LogP contribution in [0.3, 0.4) is 0 Å². The summed E-state index contributed by atoms with van der Waals surface area (Å²) in [7, 11) is 1.87. The number of aromatic nitrogens is 3. The summed E-state index contributed by atoms with van der Waals surface area (Å²) in [6, 6.07) is 10.5. The third-order valence-electron chi connectivity index (χ3n) is 5.60. The van der Waals surface area contributed by atoms with Gasteiger partial charge in [-0.15, -0.1) is 0 Å². The second kappa shape index (κ2) is 7.36. The zero-order valence-corrected chi connectivity index (χ0v) is 17.0. The second-order valence-electron chi connectivity index (χ2n) is 7.53. The van der Waals surface area contributed by atoms with Gasteiger partial charge in [-0.1, -0.05) is 31.2 Å². The van der Waals surface area contributed by atoms with E-state index in [0.717, 1.165) is 41.9 Å². The molecule has 6 heteroatoms. The smallest absolute Gasteiger partial charge is 0.255 e. The first-order valence-corrected chi connectivity index (χ1v) is 9.91. The summed E-state index contributed by atoms with van der Waals surface area (Å²) in [6.45, 7) is 8.26. The summed E-state index contributed by atoms with van der Waals surface area (Å²) >= 11 is 0. The average Bonchev–Trinajstić information content (AvgIpc) is 3.00. The normalized spacial score (nSPS) is 17.3. The van der Waals surface area contributed by atoms with Crippen LogP contribution in [0.25, 0.3) is 11.0 Å². The van der Waals surface area contributed by atoms with Gasteiger partial charge in [0, 0.05) is 32.4 Å². The van der Waals surface area contributed by atoms with E-state index in [1.54, 1.807) is 4.68 Å². The summed E-state index contributed by atoms with van der Waals surface area (Å²) in [5.41, 5.74) is 5.61. The molecule has 146 valence electrons. The van der Waals surface area contributed by atoms with Gasteiger partial charge in [-0.2, -0.15) is 5.10 Å². The van der Waals surface area contributed by atoms with Crippen LogP contribution in [0.5, 0.6) is 0 Å². The molecule has 1 aromatic carbocycles. The van der Waals surface area contributed by atoms with Gasteiger partial charge in [0.15, 0.2) is 5.65 Å². The molecule has 0 radical (unpaired) electrons. The summed E-state index contributed by atoms with van der Waals surface area (Å²) in [5.74, 6) is 0.0534. The summed E-state index contributed by atoms with van der Waals surface area (Å²) in [5, 5.41) is 8.78. The van der Waals surface area contributed by atoms with Crippen LogP contribution in [0.15, 0.2) is 30.3 Å². The molecule has 0 saturated carbocycles. The van der Waals surface area contributed by atoms with Crippen molar-refractivity contribution in [2.45, 2.75) is 33.2 Å². The number of nitrogens with zero attached hydrogens (tertiary/aromatic N) is 4. The van der Waals surface area contributed by atoms with Gasteiger partial charge in [-0.25, -0.2) is 4.98 Å². The highest BCUT2D eigenvalue weighted by Crippen LogP contribution is 2.28. The Hall–Kier alpha value is -2.73. The molecule has 3 heterocycles. The van der Waals surface area contributed by atoms with Crippen LogP contribution in [0.1, 0.15) is 45.8 Å². The highest BCUT2D eigenvalue weighted by molar-refractivity contribution is 6.06. The highest BCUT2D eigenvalue weighted by Gasteiger charge is 2.30. The number of piperazine rings is 1. The number of pyridine rings is 1. The van der Waals surface area contributed by atoms with Gasteiger partial charge >= 0.3 is 0 Å². The Bertz CT molecular complexity index is 1020. The first kappa shape index (κ1) is 18.6. The van der Waals surface area contributed by atoms with Crippen LogP contribution < -0.4 is 5.32 Å². The molecule has 0 aliphatic carbocycles. The van der Waals surface area contributed by atoms with E-state index >= 15 is 0 Å². The van der Waals surface area contributed by atoms with Crippen molar-refractivity contribution in [1.29, 1.82) is 0 Å². The van der Waals surface area contributed by atoms with Gasteiger partial charge in [0.25, 0.3) is 5.91 Å². The zero-order chi connectivity index (χ0) is 19.8. The minimum Gasteiger partial charge on any atom is -0.329 e. The average molecular weight is 377 g/mol. The fourth-order valence-electron chi connectivity index (χ4n) is 4.11. The Kier molecular flexibility index (Phi) is 4.89. The van der Waals surface area contributed by atoms with Crippen molar-refractivity contribution in [3.05, 3.63) is 58.4 Å². The number of nitrogens with one attached hydrogen (secondary N) is 1. The van der Waals surface area contributed by atoms with Crippen LogP contribution >= 0.6 is 0 Å². The molecule has 1 aliphatic rings. The molecule has 28 heavy (non-hydrogen) atoms. The Labute approximate surface area is 165 Å². The molecule has 3 aromatic rings. The standard InChI is InChI=1S/C22H27N5O/c1-5-16-6-8-17(9-7-16)19-13-23-10-11-27(19)22(28)18-12-14(2)24-21-20(18)15(3)25-26(21)4/h6-9,12,19,23H,5,10-11,13H2,1-4H3. The number of hydrogen-bond acceptors (Lipinski definition) is 4. The maximum Gasteiger partial charge on any atom is 0.255 e. The molecule has 1 N–H and O–H groups in total. The second-order valence-corrected chi connectivity index (χ2v) is 7.53. The van der Waals surface area contributed by atoms with E-state index in [2.05, 4.69) is 46.6 Å². The van der Waals surface area contributed by atoms with E-state index in [-0.39, 0.29) is 11.9 Å². The molecule has 1 amide bonds. The molecule has 0 spiro atoms. The number of carbonyl (C=O) groups excluding carboxylic acids is 1. The molecular weight excluding hydrogens is 350 g/mol. The van der Waals surface area contributed by atoms with Crippen LogP contribution in [-0.4, -0.2) is 45.2 Å². The minimum atomic E-state index is 0.0210. The third-order valence-corrected chi connectivity index (χ3v) is 5.60. The predicted octanol–water partition coefficient (Wildman–Crippen LogP) is 2.93. The topological polar surface area (TPSA) is 63.1 Å². The number of hydrogen-bond donors (Lipinski definition) is 1. The lowest BCUT2D eigenvalue weighted by Gasteiger charge is -2.37. The number of carbonyl (C=O) groups is 1. The van der Waals surface area contributed by atoms with Gasteiger partial charge in [0.1, 0.15) is 0 Å². The Morgan fingerprint density at radius 1 is 1.25 bits per heavy atom. The highest BCUT2D eigenvalue weighted by atomic mass is 16.2. The van der Waals surface area contributed by atoms with Crippen molar-refractivity contribution in [1.82, 2.24) is 25.0 Å². The van der Waals surface area contributed by atoms with Crippen molar-refractivity contribution in [2.75, 3.05) is 19.6 Å². The summed E-state index contributed by atoms with van der Waals surface area (Å²) < 4.78 is 1.76. The zero-order valence-electron chi connectivity index (χ0n) is 17.0. The molecule has 1 aliphatic heterocycles. The quantitative estimate of drug-likeness (QED) is 0.762. The summed E-state index contributed by atoms with van der Waals surface area (Å²) in [6.07, 6.45) is 1.01. The SMILES string of the molecule is CCc1ccc(C2CNCCN2C(=O)c2cc(C)nc3c2c(C)nn3C)cc1. The van der Waals surface area contributed by atoms with Gasteiger partial charge in [-0.3, -0.25) is 9.48 Å². The minimum absolute atomic E-state index is 0.0210. The van der Waals surface area contributed by atoms with Crippen molar-refractivity contribution < 1.29 is 4.79 Å². The van der Waals surface area contributed by atoms with Crippen molar-refractivity contribution >= 4 is 16.9 Å². The largest absolute Gasteiger partial charge is 0.329 e. The first-order chi connectivity index (χ1) is 13.5. The van der Waals surface area contributed by atoms with E-state index in [9.17, 15) is 4.79 Å². The maximum absolute atomic E-state index is 13.7. The molecular formula is C22H27N5O. The molecule has 1 unspecified atom stereocenters. The Morgan fingerprint density at radius 3 is 2.71 bits per heavy atom. The van der Waals surface area contributed by atoms with Crippen LogP contribution in [0, 0.1) is 13.8 Å². The van der Waals surface area contributed by atoms with E-state index in [1.165, 1.54) is 11.1 Å². The predicted molar refractivity (Wildman–Crippen MR) is 110 cm³/mol. The molecule has 1 fully saturated rings. The number of rotatable bonds is 3. The lowest BCUT2D eigenvalue weighted by molar-refractivity contribution is 0.0636. The van der Waals surface area contributed by atoms with Gasteiger partial charge in [-0.05, 0) is 37.5 Å². The van der Waals surface area contributed by atoms with Crippen molar-refractivity contribution in [2.24, 2.45) is 7.05 Å². The van der Waals surface area contributed by atoms with Crippen LogP contribution in [0.4, 0.5) is 0 Å².